The van der Waals surface area contributed by atoms with Crippen LogP contribution >= 0.6 is 11.6 Å². The zero-order valence-electron chi connectivity index (χ0n) is 14.2. The van der Waals surface area contributed by atoms with Crippen LogP contribution in [0.15, 0.2) is 30.5 Å². The number of aromatic nitrogens is 2. The number of nitrogens with one attached hydrogen (secondary N) is 2. The monoisotopic (exact) mass is 363 g/mol. The minimum atomic E-state index is 0.547. The van der Waals surface area contributed by atoms with Crippen molar-refractivity contribution in [2.75, 3.05) is 57.1 Å². The molecule has 1 aromatic carbocycles. The van der Waals surface area contributed by atoms with Crippen LogP contribution in [0.25, 0.3) is 0 Å². The molecule has 0 spiro atoms. The smallest absolute Gasteiger partial charge is 0.224 e. The summed E-state index contributed by atoms with van der Waals surface area (Å²) < 4.78 is 10.5. The highest BCUT2D eigenvalue weighted by atomic mass is 35.5. The summed E-state index contributed by atoms with van der Waals surface area (Å²) in [5.74, 6) is 1.93. The summed E-state index contributed by atoms with van der Waals surface area (Å²) in [4.78, 5) is 11.1. The van der Waals surface area contributed by atoms with E-state index in [1.807, 2.05) is 18.2 Å². The molecule has 1 aromatic heterocycles. The van der Waals surface area contributed by atoms with E-state index in [0.29, 0.717) is 22.5 Å². The van der Waals surface area contributed by atoms with E-state index in [1.165, 1.54) is 0 Å². The maximum atomic E-state index is 6.15. The highest BCUT2D eigenvalue weighted by Crippen LogP contribution is 2.28. The molecule has 1 aliphatic heterocycles. The van der Waals surface area contributed by atoms with Crippen molar-refractivity contribution >= 4 is 29.1 Å². The van der Waals surface area contributed by atoms with Crippen molar-refractivity contribution in [2.45, 2.75) is 0 Å². The number of halogens is 1. The van der Waals surface area contributed by atoms with Crippen LogP contribution in [0.5, 0.6) is 5.75 Å². The molecule has 1 saturated heterocycles. The van der Waals surface area contributed by atoms with E-state index in [1.54, 1.807) is 19.4 Å². The summed E-state index contributed by atoms with van der Waals surface area (Å²) in [5, 5.41) is 7.02. The van der Waals surface area contributed by atoms with Gasteiger partial charge >= 0.3 is 0 Å². The number of nitrogens with zero attached hydrogens (tertiary/aromatic N) is 3. The Kier molecular flexibility index (Phi) is 6.27. The number of rotatable bonds is 7. The highest BCUT2D eigenvalue weighted by molar-refractivity contribution is 6.32. The van der Waals surface area contributed by atoms with Gasteiger partial charge in [-0.1, -0.05) is 11.6 Å². The number of morpholine rings is 1. The van der Waals surface area contributed by atoms with Gasteiger partial charge in [0.1, 0.15) is 11.6 Å². The molecule has 8 heteroatoms. The van der Waals surface area contributed by atoms with E-state index in [-0.39, 0.29) is 0 Å². The first-order chi connectivity index (χ1) is 12.2. The Labute approximate surface area is 152 Å². The number of methoxy groups -OCH3 is 1. The van der Waals surface area contributed by atoms with Crippen LogP contribution in [0.2, 0.25) is 5.02 Å². The third-order valence-corrected chi connectivity index (χ3v) is 4.19. The first-order valence-electron chi connectivity index (χ1n) is 8.22. The molecule has 2 N–H and O–H groups in total. The molecule has 7 nitrogen and oxygen atoms in total. The Morgan fingerprint density at radius 1 is 1.28 bits per heavy atom. The van der Waals surface area contributed by atoms with E-state index in [4.69, 9.17) is 21.1 Å². The third kappa shape index (κ3) is 5.19. The molecule has 1 aliphatic rings. The van der Waals surface area contributed by atoms with Gasteiger partial charge in [0.25, 0.3) is 0 Å². The molecule has 0 aliphatic carbocycles. The average Bonchev–Trinajstić information content (AvgIpc) is 2.63. The van der Waals surface area contributed by atoms with Gasteiger partial charge in [0, 0.05) is 38.1 Å². The Bertz CT molecular complexity index is 694. The summed E-state index contributed by atoms with van der Waals surface area (Å²) in [7, 11) is 1.59. The molecule has 0 atom stereocenters. The lowest BCUT2D eigenvalue weighted by atomic mass is 10.3. The standard InChI is InChI=1S/C17H22ClN5O2/c1-24-15-3-2-13(12-14(15)18)21-16-4-5-19-17(22-16)20-6-7-23-8-10-25-11-9-23/h2-5,12H,6-11H2,1H3,(H2,19,20,21,22). The van der Waals surface area contributed by atoms with E-state index >= 15 is 0 Å². The first-order valence-corrected chi connectivity index (χ1v) is 8.60. The molecule has 0 amide bonds. The van der Waals surface area contributed by atoms with Gasteiger partial charge in [-0.05, 0) is 24.3 Å². The highest BCUT2D eigenvalue weighted by Gasteiger charge is 2.09. The average molecular weight is 364 g/mol. The topological polar surface area (TPSA) is 71.5 Å². The van der Waals surface area contributed by atoms with Gasteiger partial charge in [-0.2, -0.15) is 4.98 Å². The largest absolute Gasteiger partial charge is 0.495 e. The second-order valence-electron chi connectivity index (χ2n) is 5.62. The maximum Gasteiger partial charge on any atom is 0.224 e. The van der Waals surface area contributed by atoms with Crippen molar-refractivity contribution in [3.63, 3.8) is 0 Å². The summed E-state index contributed by atoms with van der Waals surface area (Å²) >= 11 is 6.15. The van der Waals surface area contributed by atoms with Crippen LogP contribution in [0.3, 0.4) is 0 Å². The van der Waals surface area contributed by atoms with Crippen molar-refractivity contribution in [1.29, 1.82) is 0 Å². The van der Waals surface area contributed by atoms with E-state index < -0.39 is 0 Å². The first kappa shape index (κ1) is 17.7. The molecule has 0 unspecified atom stereocenters. The Morgan fingerprint density at radius 3 is 2.88 bits per heavy atom. The van der Waals surface area contributed by atoms with Gasteiger partial charge in [-0.25, -0.2) is 4.98 Å². The molecule has 1 fully saturated rings. The van der Waals surface area contributed by atoms with Crippen LogP contribution in [-0.2, 0) is 4.74 Å². The van der Waals surface area contributed by atoms with Gasteiger partial charge in [-0.15, -0.1) is 0 Å². The van der Waals surface area contributed by atoms with Crippen LogP contribution in [0.4, 0.5) is 17.5 Å². The van der Waals surface area contributed by atoms with Gasteiger partial charge in [-0.3, -0.25) is 4.90 Å². The fourth-order valence-electron chi connectivity index (χ4n) is 2.56. The molecule has 134 valence electrons. The fourth-order valence-corrected chi connectivity index (χ4v) is 2.81. The maximum absolute atomic E-state index is 6.15. The summed E-state index contributed by atoms with van der Waals surface area (Å²) in [6, 6.07) is 7.31. The van der Waals surface area contributed by atoms with Crippen LogP contribution in [0, 0.1) is 0 Å². The minimum absolute atomic E-state index is 0.547. The van der Waals surface area contributed by atoms with Crippen molar-refractivity contribution in [1.82, 2.24) is 14.9 Å². The minimum Gasteiger partial charge on any atom is -0.495 e. The van der Waals surface area contributed by atoms with Crippen molar-refractivity contribution in [3.05, 3.63) is 35.5 Å². The summed E-state index contributed by atoms with van der Waals surface area (Å²) in [6.45, 7) is 5.29. The predicted octanol–water partition coefficient (Wildman–Crippen LogP) is 2.63. The fraction of sp³-hybridized carbons (Fsp3) is 0.412. The Hall–Kier alpha value is -2.09. The molecular weight excluding hydrogens is 342 g/mol. The molecule has 0 bridgehead atoms. The lowest BCUT2D eigenvalue weighted by Gasteiger charge is -2.26. The Morgan fingerprint density at radius 2 is 2.12 bits per heavy atom. The summed E-state index contributed by atoms with van der Waals surface area (Å²) in [6.07, 6.45) is 1.72. The van der Waals surface area contributed by atoms with E-state index in [9.17, 15) is 0 Å². The van der Waals surface area contributed by atoms with Gasteiger partial charge in [0.05, 0.1) is 25.3 Å². The lowest BCUT2D eigenvalue weighted by Crippen LogP contribution is -2.39. The molecule has 0 radical (unpaired) electrons. The zero-order valence-corrected chi connectivity index (χ0v) is 14.9. The normalized spacial score (nSPS) is 15.0. The zero-order chi connectivity index (χ0) is 17.5. The molecule has 2 aromatic rings. The quantitative estimate of drug-likeness (QED) is 0.783. The van der Waals surface area contributed by atoms with Crippen molar-refractivity contribution in [3.8, 4) is 5.75 Å². The second-order valence-corrected chi connectivity index (χ2v) is 6.03. The van der Waals surface area contributed by atoms with Crippen molar-refractivity contribution < 1.29 is 9.47 Å². The van der Waals surface area contributed by atoms with E-state index in [2.05, 4.69) is 25.5 Å². The lowest BCUT2D eigenvalue weighted by molar-refractivity contribution is 0.0398. The SMILES string of the molecule is COc1ccc(Nc2ccnc(NCCN3CCOCC3)n2)cc1Cl. The van der Waals surface area contributed by atoms with Crippen LogP contribution < -0.4 is 15.4 Å². The molecule has 0 saturated carbocycles. The van der Waals surface area contributed by atoms with Crippen molar-refractivity contribution in [2.24, 2.45) is 0 Å². The van der Waals surface area contributed by atoms with Gasteiger partial charge in [0.2, 0.25) is 5.95 Å². The number of anilines is 3. The van der Waals surface area contributed by atoms with Crippen LogP contribution in [-0.4, -0.2) is 61.4 Å². The second kappa shape index (κ2) is 8.84. The van der Waals surface area contributed by atoms with Crippen LogP contribution in [0.1, 0.15) is 0 Å². The Balaban J connectivity index is 1.54. The molecule has 3 rings (SSSR count). The number of ether oxygens (including phenoxy) is 2. The number of benzene rings is 1. The predicted molar refractivity (Wildman–Crippen MR) is 99.1 cm³/mol. The molecule has 25 heavy (non-hydrogen) atoms. The van der Waals surface area contributed by atoms with E-state index in [0.717, 1.165) is 45.1 Å². The summed E-state index contributed by atoms with van der Waals surface area (Å²) in [5.41, 5.74) is 0.837. The van der Waals surface area contributed by atoms with Gasteiger partial charge in [0.15, 0.2) is 0 Å². The number of hydrogen-bond donors (Lipinski definition) is 2. The number of hydrogen-bond acceptors (Lipinski definition) is 7. The molecule has 2 heterocycles. The third-order valence-electron chi connectivity index (χ3n) is 3.89. The van der Waals surface area contributed by atoms with Gasteiger partial charge < -0.3 is 20.1 Å². The molecular formula is C17H22ClN5O2.